The number of sulfonamides is 1. The van der Waals surface area contributed by atoms with Crippen LogP contribution < -0.4 is 14.5 Å². The van der Waals surface area contributed by atoms with Crippen molar-refractivity contribution in [3.8, 4) is 11.5 Å². The average molecular weight is 482 g/mol. The first-order valence-electron chi connectivity index (χ1n) is 10.6. The normalized spacial score (nSPS) is 11.5. The molecular weight excluding hydrogens is 454 g/mol. The number of aromatic hydroxyl groups is 1. The van der Waals surface area contributed by atoms with Crippen molar-refractivity contribution >= 4 is 27.8 Å². The molecule has 0 heterocycles. The maximum Gasteiger partial charge on any atom is 0.264 e. The smallest absolute Gasteiger partial charge is 0.264 e. The summed E-state index contributed by atoms with van der Waals surface area (Å²) >= 11 is 0. The predicted molar refractivity (Wildman–Crippen MR) is 132 cm³/mol. The Hall–Kier alpha value is -3.85. The van der Waals surface area contributed by atoms with E-state index < -0.39 is 22.5 Å². The van der Waals surface area contributed by atoms with E-state index >= 15 is 0 Å². The number of nitrogens with zero attached hydrogens (tertiary/aromatic N) is 2. The van der Waals surface area contributed by atoms with Crippen LogP contribution in [0.3, 0.4) is 0 Å². The van der Waals surface area contributed by atoms with E-state index in [1.54, 1.807) is 48.5 Å². The topological polar surface area (TPSA) is 108 Å². The summed E-state index contributed by atoms with van der Waals surface area (Å²) in [5.74, 6) is -0.230. The number of amides is 1. The quantitative estimate of drug-likeness (QED) is 0.356. The zero-order chi connectivity index (χ0) is 24.7. The van der Waals surface area contributed by atoms with Crippen molar-refractivity contribution < 1.29 is 23.1 Å². The molecule has 8 nitrogen and oxygen atoms in total. The highest BCUT2D eigenvalue weighted by Crippen LogP contribution is 2.28. The zero-order valence-corrected chi connectivity index (χ0v) is 20.0. The Balaban J connectivity index is 1.84. The molecule has 0 saturated carbocycles. The highest BCUT2D eigenvalue weighted by Gasteiger charge is 2.27. The monoisotopic (exact) mass is 481 g/mol. The molecule has 9 heteroatoms. The molecule has 0 bridgehead atoms. The summed E-state index contributed by atoms with van der Waals surface area (Å²) in [5.41, 5.74) is 4.06. The third-order valence-corrected chi connectivity index (χ3v) is 6.90. The minimum atomic E-state index is -4.01. The first kappa shape index (κ1) is 24.8. The van der Waals surface area contributed by atoms with E-state index in [2.05, 4.69) is 10.5 Å². The molecule has 0 saturated heterocycles. The number of hydrogen-bond acceptors (Lipinski definition) is 6. The van der Waals surface area contributed by atoms with Crippen LogP contribution in [0.15, 0.2) is 82.8 Å². The van der Waals surface area contributed by atoms with Gasteiger partial charge >= 0.3 is 0 Å². The van der Waals surface area contributed by atoms with Crippen molar-refractivity contribution in [1.82, 2.24) is 5.43 Å². The summed E-state index contributed by atoms with van der Waals surface area (Å²) in [6.45, 7) is 3.60. The Morgan fingerprint density at radius 1 is 1.06 bits per heavy atom. The number of methoxy groups -OCH3 is 1. The van der Waals surface area contributed by atoms with Crippen LogP contribution in [0.2, 0.25) is 0 Å². The molecule has 34 heavy (non-hydrogen) atoms. The lowest BCUT2D eigenvalue weighted by molar-refractivity contribution is -0.119. The van der Waals surface area contributed by atoms with Gasteiger partial charge < -0.3 is 9.84 Å². The fraction of sp³-hybridized carbons (Fsp3) is 0.200. The highest BCUT2D eigenvalue weighted by molar-refractivity contribution is 7.92. The van der Waals surface area contributed by atoms with Crippen LogP contribution in [0.5, 0.6) is 11.5 Å². The van der Waals surface area contributed by atoms with E-state index in [4.69, 9.17) is 4.74 Å². The molecule has 3 aromatic carbocycles. The lowest BCUT2D eigenvalue weighted by Crippen LogP contribution is -2.39. The van der Waals surface area contributed by atoms with Crippen molar-refractivity contribution in [3.05, 3.63) is 83.9 Å². The third-order valence-electron chi connectivity index (χ3n) is 5.11. The molecule has 1 amide bonds. The SMILES string of the molecule is COc1cccc(/C=N\NC(=O)CN(c2ccc(C(C)C)cc2)S(=O)(=O)c2ccccc2)c1O. The molecular formula is C25H27N3O5S. The second-order valence-corrected chi connectivity index (χ2v) is 9.62. The third kappa shape index (κ3) is 5.74. The van der Waals surface area contributed by atoms with Gasteiger partial charge in [0.25, 0.3) is 15.9 Å². The summed E-state index contributed by atoms with van der Waals surface area (Å²) in [7, 11) is -2.59. The number of nitrogens with one attached hydrogen (secondary N) is 1. The van der Waals surface area contributed by atoms with Crippen molar-refractivity contribution in [2.24, 2.45) is 5.10 Å². The Morgan fingerprint density at radius 2 is 1.74 bits per heavy atom. The number of hydrogen-bond donors (Lipinski definition) is 2. The van der Waals surface area contributed by atoms with Crippen LogP contribution in [-0.4, -0.2) is 39.3 Å². The first-order valence-corrected chi connectivity index (χ1v) is 12.0. The second-order valence-electron chi connectivity index (χ2n) is 7.76. The Morgan fingerprint density at radius 3 is 2.35 bits per heavy atom. The lowest BCUT2D eigenvalue weighted by Gasteiger charge is -2.24. The lowest BCUT2D eigenvalue weighted by atomic mass is 10.0. The minimum absolute atomic E-state index is 0.0699. The number of carbonyl (C=O) groups is 1. The fourth-order valence-corrected chi connectivity index (χ4v) is 4.65. The molecule has 0 fully saturated rings. The molecule has 3 aromatic rings. The molecule has 3 rings (SSSR count). The van der Waals surface area contributed by atoms with Gasteiger partial charge in [0.2, 0.25) is 0 Å². The molecule has 178 valence electrons. The Labute approximate surface area is 199 Å². The number of benzene rings is 3. The van der Waals surface area contributed by atoms with E-state index in [1.807, 2.05) is 26.0 Å². The number of hydrazone groups is 1. The number of phenols is 1. The molecule has 0 aliphatic heterocycles. The molecule has 0 aliphatic carbocycles. The predicted octanol–water partition coefficient (Wildman–Crippen LogP) is 3.87. The van der Waals surface area contributed by atoms with Crippen molar-refractivity contribution in [1.29, 1.82) is 0 Å². The number of para-hydroxylation sites is 1. The van der Waals surface area contributed by atoms with Crippen molar-refractivity contribution in [2.75, 3.05) is 18.0 Å². The van der Waals surface area contributed by atoms with E-state index in [0.717, 1.165) is 9.87 Å². The summed E-state index contributed by atoms with van der Waals surface area (Å²) < 4.78 is 32.8. The van der Waals surface area contributed by atoms with E-state index in [0.29, 0.717) is 11.3 Å². The zero-order valence-electron chi connectivity index (χ0n) is 19.2. The molecule has 0 atom stereocenters. The second kappa shape index (κ2) is 10.8. The minimum Gasteiger partial charge on any atom is -0.504 e. The van der Waals surface area contributed by atoms with Crippen molar-refractivity contribution in [2.45, 2.75) is 24.7 Å². The van der Waals surface area contributed by atoms with Crippen LogP contribution in [0.1, 0.15) is 30.9 Å². The summed E-state index contributed by atoms with van der Waals surface area (Å²) in [4.78, 5) is 12.7. The summed E-state index contributed by atoms with van der Waals surface area (Å²) in [5, 5.41) is 14.0. The molecule has 0 radical (unpaired) electrons. The van der Waals surface area contributed by atoms with Crippen LogP contribution in [0, 0.1) is 0 Å². The van der Waals surface area contributed by atoms with Gasteiger partial charge in [-0.1, -0.05) is 50.2 Å². The van der Waals surface area contributed by atoms with Gasteiger partial charge in [0.15, 0.2) is 11.5 Å². The van der Waals surface area contributed by atoms with Gasteiger partial charge in [-0.05, 0) is 47.9 Å². The van der Waals surface area contributed by atoms with E-state index in [1.165, 1.54) is 25.5 Å². The molecule has 0 aromatic heterocycles. The first-order chi connectivity index (χ1) is 16.2. The summed E-state index contributed by atoms with van der Waals surface area (Å²) in [6, 6.07) is 19.8. The molecule has 0 aliphatic rings. The number of carbonyl (C=O) groups excluding carboxylic acids is 1. The van der Waals surface area contributed by atoms with Crippen molar-refractivity contribution in [3.63, 3.8) is 0 Å². The van der Waals surface area contributed by atoms with Gasteiger partial charge in [-0.15, -0.1) is 0 Å². The Bertz CT molecular complexity index is 1260. The molecule has 0 spiro atoms. The largest absolute Gasteiger partial charge is 0.504 e. The molecule has 2 N–H and O–H groups in total. The van der Waals surface area contributed by atoms with E-state index in [9.17, 15) is 18.3 Å². The van der Waals surface area contributed by atoms with Gasteiger partial charge in [0, 0.05) is 5.56 Å². The number of rotatable bonds is 9. The number of phenolic OH excluding ortho intramolecular Hbond substituents is 1. The van der Waals surface area contributed by atoms with Crippen LogP contribution in [-0.2, 0) is 14.8 Å². The summed E-state index contributed by atoms with van der Waals surface area (Å²) in [6.07, 6.45) is 1.25. The van der Waals surface area contributed by atoms with Gasteiger partial charge in [-0.3, -0.25) is 9.10 Å². The van der Waals surface area contributed by atoms with Crippen LogP contribution >= 0.6 is 0 Å². The standard InChI is InChI=1S/C25H27N3O5S/c1-18(2)19-12-14-21(15-13-19)28(34(31,32)22-9-5-4-6-10-22)17-24(29)27-26-16-20-8-7-11-23(33-3)25(20)30/h4-16,18,30H,17H2,1-3H3,(H,27,29)/b26-16-. The number of ether oxygens (including phenoxy) is 1. The van der Waals surface area contributed by atoms with Gasteiger partial charge in [0.05, 0.1) is 23.9 Å². The highest BCUT2D eigenvalue weighted by atomic mass is 32.2. The van der Waals surface area contributed by atoms with Gasteiger partial charge in [-0.2, -0.15) is 5.10 Å². The fourth-order valence-electron chi connectivity index (χ4n) is 3.21. The van der Waals surface area contributed by atoms with Crippen LogP contribution in [0.25, 0.3) is 0 Å². The maximum atomic E-state index is 13.4. The number of anilines is 1. The van der Waals surface area contributed by atoms with Crippen LogP contribution in [0.4, 0.5) is 5.69 Å². The van der Waals surface area contributed by atoms with E-state index in [-0.39, 0.29) is 22.3 Å². The van der Waals surface area contributed by atoms with Gasteiger partial charge in [-0.25, -0.2) is 13.8 Å². The Kier molecular flexibility index (Phi) is 7.91. The molecule has 0 unspecified atom stereocenters. The average Bonchev–Trinajstić information content (AvgIpc) is 2.84. The van der Waals surface area contributed by atoms with Gasteiger partial charge in [0.1, 0.15) is 6.54 Å². The maximum absolute atomic E-state index is 13.4.